The first-order valence-corrected chi connectivity index (χ1v) is 8.78. The average Bonchev–Trinajstić information content (AvgIpc) is 2.67. The minimum atomic E-state index is -3.54. The van der Waals surface area contributed by atoms with Gasteiger partial charge in [0.15, 0.2) is 0 Å². The molecule has 0 aromatic heterocycles. The Bertz CT molecular complexity index is 586. The lowest BCUT2D eigenvalue weighted by Crippen LogP contribution is -2.27. The fourth-order valence-corrected chi connectivity index (χ4v) is 3.79. The van der Waals surface area contributed by atoms with Crippen LogP contribution in [-0.2, 0) is 14.8 Å². The summed E-state index contributed by atoms with van der Waals surface area (Å²) in [6.07, 6.45) is 2.18. The molecule has 1 atom stereocenters. The maximum atomic E-state index is 12.0. The molecular formula is C12H16N2O3S2. The lowest BCUT2D eigenvalue weighted by Gasteiger charge is -2.19. The number of hydrogen-bond acceptors (Lipinski definition) is 4. The van der Waals surface area contributed by atoms with Crippen LogP contribution >= 0.6 is 11.8 Å². The summed E-state index contributed by atoms with van der Waals surface area (Å²) in [5, 5.41) is 5.04. The lowest BCUT2D eigenvalue weighted by atomic mass is 10.1. The van der Waals surface area contributed by atoms with Gasteiger partial charge in [-0.05, 0) is 18.4 Å². The third kappa shape index (κ3) is 3.49. The van der Waals surface area contributed by atoms with E-state index < -0.39 is 10.0 Å². The minimum Gasteiger partial charge on any atom is -0.311 e. The van der Waals surface area contributed by atoms with Gasteiger partial charge in [0.2, 0.25) is 15.9 Å². The predicted molar refractivity (Wildman–Crippen MR) is 76.7 cm³/mol. The normalized spacial score (nSPS) is 20.0. The van der Waals surface area contributed by atoms with Crippen molar-refractivity contribution in [3.05, 3.63) is 24.3 Å². The second-order valence-electron chi connectivity index (χ2n) is 4.58. The molecule has 1 aromatic rings. The molecule has 0 spiro atoms. The lowest BCUT2D eigenvalue weighted by molar-refractivity contribution is -0.117. The van der Waals surface area contributed by atoms with Gasteiger partial charge in [-0.2, -0.15) is 0 Å². The van der Waals surface area contributed by atoms with Gasteiger partial charge in [-0.25, -0.2) is 13.6 Å². The van der Waals surface area contributed by atoms with E-state index in [0.29, 0.717) is 6.54 Å². The molecule has 5 nitrogen and oxygen atoms in total. The number of thioether (sulfide) groups is 1. The Labute approximate surface area is 117 Å². The van der Waals surface area contributed by atoms with Crippen LogP contribution in [0.1, 0.15) is 6.42 Å². The van der Waals surface area contributed by atoms with Crippen molar-refractivity contribution >= 4 is 33.4 Å². The van der Waals surface area contributed by atoms with Gasteiger partial charge in [0, 0.05) is 23.8 Å². The number of nitrogens with zero attached hydrogens (tertiary/aromatic N) is 1. The van der Waals surface area contributed by atoms with Crippen LogP contribution in [-0.4, -0.2) is 32.9 Å². The van der Waals surface area contributed by atoms with Crippen LogP contribution in [0.3, 0.4) is 0 Å². The molecule has 7 heteroatoms. The maximum Gasteiger partial charge on any atom is 0.227 e. The maximum absolute atomic E-state index is 12.0. The van der Waals surface area contributed by atoms with Crippen molar-refractivity contribution in [2.45, 2.75) is 11.3 Å². The Morgan fingerprint density at radius 3 is 2.74 bits per heavy atom. The third-order valence-corrected chi connectivity index (χ3v) is 4.77. The van der Waals surface area contributed by atoms with E-state index in [1.165, 1.54) is 0 Å². The molecule has 1 aliphatic rings. The number of amides is 1. The molecule has 1 fully saturated rings. The van der Waals surface area contributed by atoms with Gasteiger partial charge in [-0.3, -0.25) is 4.79 Å². The zero-order valence-electron chi connectivity index (χ0n) is 10.6. The number of carbonyl (C=O) groups excluding carboxylic acids is 1. The summed E-state index contributed by atoms with van der Waals surface area (Å²) in [5.41, 5.74) is 0.844. The standard InChI is InChI=1S/C12H16N2O3S2/c1-18-11-5-3-2-4-10(11)14-7-9(6-12(14)15)8-19(13,16)17/h2-5,9H,6-8H2,1H3,(H2,13,16,17). The molecule has 0 saturated carbocycles. The number of nitrogens with two attached hydrogens (primary N) is 1. The predicted octanol–water partition coefficient (Wildman–Crippen LogP) is 1.05. The van der Waals surface area contributed by atoms with Crippen LogP contribution < -0.4 is 10.0 Å². The first kappa shape index (κ1) is 14.4. The van der Waals surface area contributed by atoms with Crippen LogP contribution in [0.2, 0.25) is 0 Å². The SMILES string of the molecule is CSc1ccccc1N1CC(CS(N)(=O)=O)CC1=O. The number of sulfonamides is 1. The molecule has 0 bridgehead atoms. The van der Waals surface area contributed by atoms with E-state index in [1.54, 1.807) is 16.7 Å². The quantitative estimate of drug-likeness (QED) is 0.843. The summed E-state index contributed by atoms with van der Waals surface area (Å²) in [6.45, 7) is 0.410. The average molecular weight is 300 g/mol. The van der Waals surface area contributed by atoms with Crippen molar-refractivity contribution in [3.63, 3.8) is 0 Å². The van der Waals surface area contributed by atoms with Crippen LogP contribution in [0, 0.1) is 5.92 Å². The summed E-state index contributed by atoms with van der Waals surface area (Å²) in [6, 6.07) is 7.61. The van der Waals surface area contributed by atoms with E-state index in [1.807, 2.05) is 30.5 Å². The number of hydrogen-bond donors (Lipinski definition) is 1. The first-order chi connectivity index (χ1) is 8.90. The summed E-state index contributed by atoms with van der Waals surface area (Å²) < 4.78 is 22.2. The molecule has 1 amide bonds. The largest absolute Gasteiger partial charge is 0.311 e. The second kappa shape index (κ2) is 5.52. The van der Waals surface area contributed by atoms with Gasteiger partial charge < -0.3 is 4.90 Å². The summed E-state index contributed by atoms with van der Waals surface area (Å²) >= 11 is 1.56. The fraction of sp³-hybridized carbons (Fsp3) is 0.417. The van der Waals surface area contributed by atoms with Gasteiger partial charge >= 0.3 is 0 Å². The Balaban J connectivity index is 2.20. The molecule has 1 saturated heterocycles. The van der Waals surface area contributed by atoms with E-state index in [-0.39, 0.29) is 24.0 Å². The molecule has 0 aliphatic carbocycles. The highest BCUT2D eigenvalue weighted by molar-refractivity contribution is 7.98. The van der Waals surface area contributed by atoms with Crippen molar-refractivity contribution in [2.75, 3.05) is 23.5 Å². The van der Waals surface area contributed by atoms with Crippen molar-refractivity contribution in [1.82, 2.24) is 0 Å². The topological polar surface area (TPSA) is 80.5 Å². The zero-order chi connectivity index (χ0) is 14.0. The van der Waals surface area contributed by atoms with Crippen LogP contribution in [0.15, 0.2) is 29.2 Å². The zero-order valence-corrected chi connectivity index (χ0v) is 12.2. The molecule has 2 rings (SSSR count). The molecule has 1 unspecified atom stereocenters. The molecule has 2 N–H and O–H groups in total. The first-order valence-electron chi connectivity index (χ1n) is 5.84. The van der Waals surface area contributed by atoms with Crippen molar-refractivity contribution < 1.29 is 13.2 Å². The molecule has 19 heavy (non-hydrogen) atoms. The van der Waals surface area contributed by atoms with Crippen molar-refractivity contribution in [2.24, 2.45) is 11.1 Å². The number of rotatable bonds is 4. The summed E-state index contributed by atoms with van der Waals surface area (Å²) in [5.74, 6) is -0.413. The number of para-hydroxylation sites is 1. The number of benzene rings is 1. The Morgan fingerprint density at radius 1 is 1.42 bits per heavy atom. The molecule has 0 radical (unpaired) electrons. The Hall–Kier alpha value is -1.05. The number of primary sulfonamides is 1. The number of carbonyl (C=O) groups is 1. The van der Waals surface area contributed by atoms with E-state index in [4.69, 9.17) is 5.14 Å². The Kier molecular flexibility index (Phi) is 4.17. The van der Waals surface area contributed by atoms with E-state index in [0.717, 1.165) is 10.6 Å². The highest BCUT2D eigenvalue weighted by atomic mass is 32.2. The third-order valence-electron chi connectivity index (χ3n) is 3.05. The highest BCUT2D eigenvalue weighted by Crippen LogP contribution is 2.32. The van der Waals surface area contributed by atoms with Crippen LogP contribution in [0.25, 0.3) is 0 Å². The van der Waals surface area contributed by atoms with Gasteiger partial charge in [0.05, 0.1) is 11.4 Å². The summed E-state index contributed by atoms with van der Waals surface area (Å²) in [4.78, 5) is 14.7. The van der Waals surface area contributed by atoms with Crippen LogP contribution in [0.4, 0.5) is 5.69 Å². The molecule has 1 heterocycles. The van der Waals surface area contributed by atoms with Crippen LogP contribution in [0.5, 0.6) is 0 Å². The fourth-order valence-electron chi connectivity index (χ4n) is 2.31. The molecule has 1 aromatic carbocycles. The molecule has 1 aliphatic heterocycles. The molecular weight excluding hydrogens is 284 g/mol. The van der Waals surface area contributed by atoms with Crippen molar-refractivity contribution in [3.8, 4) is 0 Å². The van der Waals surface area contributed by atoms with Gasteiger partial charge in [-0.15, -0.1) is 11.8 Å². The highest BCUT2D eigenvalue weighted by Gasteiger charge is 2.33. The van der Waals surface area contributed by atoms with Gasteiger partial charge in [0.25, 0.3) is 0 Å². The van der Waals surface area contributed by atoms with Gasteiger partial charge in [-0.1, -0.05) is 12.1 Å². The van der Waals surface area contributed by atoms with E-state index in [2.05, 4.69) is 0 Å². The minimum absolute atomic E-state index is 0.0462. The summed E-state index contributed by atoms with van der Waals surface area (Å²) in [7, 11) is -3.54. The van der Waals surface area contributed by atoms with E-state index >= 15 is 0 Å². The van der Waals surface area contributed by atoms with Crippen molar-refractivity contribution in [1.29, 1.82) is 0 Å². The van der Waals surface area contributed by atoms with Gasteiger partial charge in [0.1, 0.15) is 0 Å². The molecule has 104 valence electrons. The smallest absolute Gasteiger partial charge is 0.227 e. The Morgan fingerprint density at radius 2 is 2.11 bits per heavy atom. The second-order valence-corrected chi connectivity index (χ2v) is 7.08. The monoisotopic (exact) mass is 300 g/mol. The number of anilines is 1. The van der Waals surface area contributed by atoms with E-state index in [9.17, 15) is 13.2 Å².